The summed E-state index contributed by atoms with van der Waals surface area (Å²) < 4.78 is 0. The molecule has 4 rings (SSSR count). The van der Waals surface area contributed by atoms with Gasteiger partial charge in [0.2, 0.25) is 0 Å². The molecule has 1 saturated carbocycles. The minimum atomic E-state index is -0.238. The van der Waals surface area contributed by atoms with Gasteiger partial charge in [-0.1, -0.05) is 12.1 Å². The largest absolute Gasteiger partial charge is 0.327 e. The molecule has 0 bridgehead atoms. The summed E-state index contributed by atoms with van der Waals surface area (Å²) in [7, 11) is 0. The molecule has 3 aromatic rings. The third kappa shape index (κ3) is 3.04. The first kappa shape index (κ1) is 15.5. The number of nitrogens with one attached hydrogen (secondary N) is 2. The first-order valence-electron chi connectivity index (χ1n) is 8.19. The highest BCUT2D eigenvalue weighted by Crippen LogP contribution is 2.39. The summed E-state index contributed by atoms with van der Waals surface area (Å²) in [6.45, 7) is 1.71. The standard InChI is InChI=1S/C19H18N4O2/c1-10-21-17-8-12(4-7-14(17)19(25)22-10)18(24)23-13-5-2-11(3-6-13)15-9-16(15)20/h2-8,15-16H,9,20H2,1H3,(H,23,24)(H,21,22,25)/t15-,16+/m0/s1. The van der Waals surface area contributed by atoms with E-state index >= 15 is 0 Å². The van der Waals surface area contributed by atoms with Gasteiger partial charge < -0.3 is 16.0 Å². The van der Waals surface area contributed by atoms with E-state index in [-0.39, 0.29) is 17.5 Å². The van der Waals surface area contributed by atoms with Gasteiger partial charge in [-0.3, -0.25) is 9.59 Å². The highest BCUT2D eigenvalue weighted by atomic mass is 16.1. The molecule has 1 aromatic heterocycles. The van der Waals surface area contributed by atoms with Crippen LogP contribution in [0.5, 0.6) is 0 Å². The van der Waals surface area contributed by atoms with Crippen LogP contribution in [-0.4, -0.2) is 21.9 Å². The van der Waals surface area contributed by atoms with Crippen LogP contribution in [0.3, 0.4) is 0 Å². The lowest BCUT2D eigenvalue weighted by Gasteiger charge is -2.07. The van der Waals surface area contributed by atoms with E-state index in [1.807, 2.05) is 24.3 Å². The topological polar surface area (TPSA) is 101 Å². The van der Waals surface area contributed by atoms with Crippen molar-refractivity contribution in [2.45, 2.75) is 25.3 Å². The second-order valence-electron chi connectivity index (χ2n) is 6.47. The normalized spacial score (nSPS) is 19.0. The number of H-pyrrole nitrogens is 1. The average Bonchev–Trinajstić information content (AvgIpc) is 3.31. The van der Waals surface area contributed by atoms with Crippen molar-refractivity contribution in [2.75, 3.05) is 5.32 Å². The maximum atomic E-state index is 12.5. The molecule has 2 atom stereocenters. The maximum absolute atomic E-state index is 12.5. The van der Waals surface area contributed by atoms with Crippen molar-refractivity contribution < 1.29 is 4.79 Å². The highest BCUT2D eigenvalue weighted by Gasteiger charge is 2.34. The summed E-state index contributed by atoms with van der Waals surface area (Å²) in [5, 5.41) is 3.33. The maximum Gasteiger partial charge on any atom is 0.258 e. The summed E-state index contributed by atoms with van der Waals surface area (Å²) in [6, 6.07) is 12.9. The van der Waals surface area contributed by atoms with Gasteiger partial charge in [0.1, 0.15) is 5.82 Å². The summed E-state index contributed by atoms with van der Waals surface area (Å²) in [5.74, 6) is 0.721. The molecule has 4 N–H and O–H groups in total. The molecule has 0 aliphatic heterocycles. The van der Waals surface area contributed by atoms with Crippen LogP contribution in [-0.2, 0) is 0 Å². The van der Waals surface area contributed by atoms with E-state index in [0.717, 1.165) is 12.1 Å². The molecule has 1 fully saturated rings. The number of hydrogen-bond donors (Lipinski definition) is 3. The molecule has 6 nitrogen and oxygen atoms in total. The first-order valence-corrected chi connectivity index (χ1v) is 8.19. The molecule has 126 valence electrons. The van der Waals surface area contributed by atoms with E-state index in [9.17, 15) is 9.59 Å². The van der Waals surface area contributed by atoms with Crippen LogP contribution in [0.4, 0.5) is 5.69 Å². The van der Waals surface area contributed by atoms with E-state index in [2.05, 4.69) is 15.3 Å². The monoisotopic (exact) mass is 334 g/mol. The predicted octanol–water partition coefficient (Wildman–Crippen LogP) is 2.30. The van der Waals surface area contributed by atoms with Crippen LogP contribution >= 0.6 is 0 Å². The number of rotatable bonds is 3. The lowest BCUT2D eigenvalue weighted by atomic mass is 10.1. The third-order valence-corrected chi connectivity index (χ3v) is 4.52. The smallest absolute Gasteiger partial charge is 0.258 e. The van der Waals surface area contributed by atoms with Gasteiger partial charge in [0.25, 0.3) is 11.5 Å². The molecule has 1 aliphatic rings. The van der Waals surface area contributed by atoms with Crippen LogP contribution in [0.1, 0.15) is 34.1 Å². The summed E-state index contributed by atoms with van der Waals surface area (Å²) in [4.78, 5) is 31.3. The average molecular weight is 334 g/mol. The minimum absolute atomic E-state index is 0.205. The lowest BCUT2D eigenvalue weighted by molar-refractivity contribution is 0.102. The Morgan fingerprint density at radius 3 is 2.64 bits per heavy atom. The van der Waals surface area contributed by atoms with Gasteiger partial charge in [0.15, 0.2) is 0 Å². The molecule has 1 amide bonds. The van der Waals surface area contributed by atoms with Crippen molar-refractivity contribution in [3.63, 3.8) is 0 Å². The number of carbonyl (C=O) groups is 1. The van der Waals surface area contributed by atoms with Gasteiger partial charge in [-0.2, -0.15) is 0 Å². The van der Waals surface area contributed by atoms with Gasteiger partial charge in [0.05, 0.1) is 10.9 Å². The van der Waals surface area contributed by atoms with Crippen molar-refractivity contribution in [3.8, 4) is 0 Å². The Kier molecular flexibility index (Phi) is 3.62. The molecule has 6 heteroatoms. The highest BCUT2D eigenvalue weighted by molar-refractivity contribution is 6.06. The number of anilines is 1. The number of nitrogens with two attached hydrogens (primary N) is 1. The molecule has 0 saturated heterocycles. The molecule has 25 heavy (non-hydrogen) atoms. The number of nitrogens with zero attached hydrogens (tertiary/aromatic N) is 1. The van der Waals surface area contributed by atoms with Crippen molar-refractivity contribution >= 4 is 22.5 Å². The second-order valence-corrected chi connectivity index (χ2v) is 6.47. The predicted molar refractivity (Wildman–Crippen MR) is 96.8 cm³/mol. The first-order chi connectivity index (χ1) is 12.0. The van der Waals surface area contributed by atoms with Gasteiger partial charge in [0, 0.05) is 23.2 Å². The molecule has 1 aliphatic carbocycles. The van der Waals surface area contributed by atoms with E-state index in [1.165, 1.54) is 5.56 Å². The van der Waals surface area contributed by atoms with Gasteiger partial charge in [-0.15, -0.1) is 0 Å². The Hall–Kier alpha value is -2.99. The van der Waals surface area contributed by atoms with Crippen molar-refractivity contribution in [3.05, 3.63) is 69.8 Å². The number of aromatic nitrogens is 2. The number of benzene rings is 2. The number of fused-ring (bicyclic) bond motifs is 1. The number of aryl methyl sites for hydroxylation is 1. The molecule has 0 radical (unpaired) electrons. The molecule has 0 unspecified atom stereocenters. The van der Waals surface area contributed by atoms with Crippen LogP contribution in [0.2, 0.25) is 0 Å². The fraction of sp³-hybridized carbons (Fsp3) is 0.211. The van der Waals surface area contributed by atoms with Crippen LogP contribution in [0, 0.1) is 6.92 Å². The van der Waals surface area contributed by atoms with E-state index in [4.69, 9.17) is 5.73 Å². The zero-order chi connectivity index (χ0) is 17.6. The zero-order valence-corrected chi connectivity index (χ0v) is 13.7. The Labute approximate surface area is 144 Å². The van der Waals surface area contributed by atoms with Crippen molar-refractivity contribution in [1.82, 2.24) is 9.97 Å². The van der Waals surface area contributed by atoms with Crippen LogP contribution in [0.15, 0.2) is 47.3 Å². The number of aromatic amines is 1. The number of carbonyl (C=O) groups excluding carboxylic acids is 1. The zero-order valence-electron chi connectivity index (χ0n) is 13.7. The molecule has 1 heterocycles. The van der Waals surface area contributed by atoms with E-state index in [1.54, 1.807) is 25.1 Å². The molecule has 2 aromatic carbocycles. The van der Waals surface area contributed by atoms with Gasteiger partial charge in [-0.05, 0) is 49.2 Å². The molecular weight excluding hydrogens is 316 g/mol. The summed E-state index contributed by atoms with van der Waals surface area (Å²) in [5.41, 5.74) is 8.54. The fourth-order valence-corrected chi connectivity index (χ4v) is 3.01. The Balaban J connectivity index is 1.56. The third-order valence-electron chi connectivity index (χ3n) is 4.52. The quantitative estimate of drug-likeness (QED) is 0.684. The summed E-state index contributed by atoms with van der Waals surface area (Å²) >= 11 is 0. The Morgan fingerprint density at radius 2 is 1.96 bits per heavy atom. The van der Waals surface area contributed by atoms with E-state index in [0.29, 0.717) is 28.2 Å². The van der Waals surface area contributed by atoms with Crippen molar-refractivity contribution in [2.24, 2.45) is 5.73 Å². The van der Waals surface area contributed by atoms with E-state index < -0.39 is 0 Å². The molecule has 0 spiro atoms. The second kappa shape index (κ2) is 5.82. The van der Waals surface area contributed by atoms with Gasteiger partial charge >= 0.3 is 0 Å². The Morgan fingerprint density at radius 1 is 1.24 bits per heavy atom. The SMILES string of the molecule is Cc1nc2cc(C(=O)Nc3ccc([C@@H]4C[C@H]4N)cc3)ccc2c(=O)[nH]1. The minimum Gasteiger partial charge on any atom is -0.327 e. The summed E-state index contributed by atoms with van der Waals surface area (Å²) in [6.07, 6.45) is 1.02. The number of hydrogen-bond acceptors (Lipinski definition) is 4. The van der Waals surface area contributed by atoms with Crippen LogP contribution in [0.25, 0.3) is 10.9 Å². The Bertz CT molecular complexity index is 1020. The van der Waals surface area contributed by atoms with Crippen LogP contribution < -0.4 is 16.6 Å². The fourth-order valence-electron chi connectivity index (χ4n) is 3.01. The number of amides is 1. The molecular formula is C19H18N4O2. The lowest BCUT2D eigenvalue weighted by Crippen LogP contribution is -2.14. The van der Waals surface area contributed by atoms with Crippen molar-refractivity contribution in [1.29, 1.82) is 0 Å². The van der Waals surface area contributed by atoms with Gasteiger partial charge in [-0.25, -0.2) is 4.98 Å².